The Morgan fingerprint density at radius 1 is 1.09 bits per heavy atom. The summed E-state index contributed by atoms with van der Waals surface area (Å²) >= 11 is 6.04. The molecule has 1 aliphatic rings. The molecule has 0 aromatic heterocycles. The van der Waals surface area contributed by atoms with Gasteiger partial charge in [-0.15, -0.1) is 24.0 Å². The van der Waals surface area contributed by atoms with Crippen molar-refractivity contribution in [2.45, 2.75) is 38.6 Å². The van der Waals surface area contributed by atoms with E-state index in [2.05, 4.69) is 33.9 Å². The van der Waals surface area contributed by atoms with Gasteiger partial charge in [0.05, 0.1) is 0 Å². The van der Waals surface area contributed by atoms with Crippen LogP contribution < -0.4 is 20.7 Å². The van der Waals surface area contributed by atoms with Gasteiger partial charge in [-0.3, -0.25) is 9.79 Å². The summed E-state index contributed by atoms with van der Waals surface area (Å²) in [5.41, 5.74) is 2.37. The number of rotatable bonds is 11. The number of halogens is 2. The summed E-state index contributed by atoms with van der Waals surface area (Å²) in [6, 6.07) is 16.1. The predicted octanol–water partition coefficient (Wildman–Crippen LogP) is 3.96. The molecule has 0 bridgehead atoms. The molecule has 1 aliphatic carbocycles. The maximum Gasteiger partial charge on any atom is 0.258 e. The molecule has 1 amide bonds. The number of carbonyl (C=O) groups excluding carboxylic acids is 1. The first-order chi connectivity index (χ1) is 15.1. The first-order valence-corrected chi connectivity index (χ1v) is 11.3. The van der Waals surface area contributed by atoms with Gasteiger partial charge in [-0.25, -0.2) is 0 Å². The Kier molecular flexibility index (Phi) is 11.7. The zero-order valence-electron chi connectivity index (χ0n) is 18.4. The fraction of sp³-hybridized carbons (Fsp3) is 0.417. The van der Waals surface area contributed by atoms with Gasteiger partial charge in [0.15, 0.2) is 12.6 Å². The molecule has 174 valence electrons. The minimum absolute atomic E-state index is 0. The highest BCUT2D eigenvalue weighted by atomic mass is 127. The second-order valence-corrected chi connectivity index (χ2v) is 8.03. The summed E-state index contributed by atoms with van der Waals surface area (Å²) in [4.78, 5) is 16.4. The van der Waals surface area contributed by atoms with Crippen LogP contribution in [0.3, 0.4) is 0 Å². The normalized spacial score (nSPS) is 13.1. The molecule has 2 aromatic carbocycles. The van der Waals surface area contributed by atoms with E-state index in [0.29, 0.717) is 18.3 Å². The molecule has 0 heterocycles. The van der Waals surface area contributed by atoms with Crippen LogP contribution in [-0.4, -0.2) is 44.1 Å². The van der Waals surface area contributed by atoms with E-state index >= 15 is 0 Å². The highest BCUT2D eigenvalue weighted by Gasteiger charge is 2.23. The van der Waals surface area contributed by atoms with Crippen LogP contribution in [0.15, 0.2) is 53.5 Å². The summed E-state index contributed by atoms with van der Waals surface area (Å²) in [5, 5.41) is 10.3. The van der Waals surface area contributed by atoms with Crippen LogP contribution in [0.4, 0.5) is 0 Å². The van der Waals surface area contributed by atoms with Crippen molar-refractivity contribution < 1.29 is 9.53 Å². The number of hydrogen-bond acceptors (Lipinski definition) is 3. The maximum absolute atomic E-state index is 11.7. The van der Waals surface area contributed by atoms with Crippen molar-refractivity contribution in [3.63, 3.8) is 0 Å². The molecule has 32 heavy (non-hydrogen) atoms. The lowest BCUT2D eigenvalue weighted by Gasteiger charge is -2.11. The molecule has 3 N–H and O–H groups in total. The molecule has 6 nitrogen and oxygen atoms in total. The Labute approximate surface area is 212 Å². The van der Waals surface area contributed by atoms with Crippen molar-refractivity contribution in [1.82, 2.24) is 16.0 Å². The lowest BCUT2D eigenvalue weighted by Crippen LogP contribution is -2.38. The number of ether oxygens (including phenoxy) is 1. The number of carbonyl (C=O) groups is 1. The Hall–Kier alpha value is -2.00. The van der Waals surface area contributed by atoms with E-state index in [0.717, 1.165) is 49.8 Å². The molecule has 0 saturated heterocycles. The molecule has 1 fully saturated rings. The van der Waals surface area contributed by atoms with Crippen molar-refractivity contribution in [3.05, 3.63) is 64.7 Å². The van der Waals surface area contributed by atoms with E-state index in [9.17, 15) is 4.79 Å². The fourth-order valence-electron chi connectivity index (χ4n) is 3.05. The Morgan fingerprint density at radius 2 is 1.88 bits per heavy atom. The van der Waals surface area contributed by atoms with Gasteiger partial charge >= 0.3 is 0 Å². The molecular formula is C24H32ClIN4O2. The average Bonchev–Trinajstić information content (AvgIpc) is 3.57. The summed E-state index contributed by atoms with van der Waals surface area (Å²) in [6.07, 6.45) is 3.87. The third kappa shape index (κ3) is 10.1. The number of benzene rings is 2. The van der Waals surface area contributed by atoms with E-state index < -0.39 is 0 Å². The SMILES string of the molecule is CCNC(=NCCc1ccc(OCC(=O)NC2CC2)cc1)NCCc1cccc(Cl)c1.I. The van der Waals surface area contributed by atoms with Gasteiger partial charge in [0.1, 0.15) is 5.75 Å². The summed E-state index contributed by atoms with van der Waals surface area (Å²) in [5.74, 6) is 1.46. The molecule has 0 radical (unpaired) electrons. The lowest BCUT2D eigenvalue weighted by molar-refractivity contribution is -0.123. The molecule has 0 unspecified atom stereocenters. The van der Waals surface area contributed by atoms with Crippen molar-refractivity contribution in [2.75, 3.05) is 26.2 Å². The van der Waals surface area contributed by atoms with Gasteiger partial charge < -0.3 is 20.7 Å². The maximum atomic E-state index is 11.7. The molecule has 0 atom stereocenters. The number of amides is 1. The predicted molar refractivity (Wildman–Crippen MR) is 141 cm³/mol. The zero-order valence-corrected chi connectivity index (χ0v) is 21.5. The van der Waals surface area contributed by atoms with Crippen molar-refractivity contribution in [1.29, 1.82) is 0 Å². The van der Waals surface area contributed by atoms with Crippen LogP contribution in [-0.2, 0) is 17.6 Å². The summed E-state index contributed by atoms with van der Waals surface area (Å²) in [6.45, 7) is 4.39. The average molecular weight is 571 g/mol. The van der Waals surface area contributed by atoms with Crippen LogP contribution >= 0.6 is 35.6 Å². The second kappa shape index (κ2) is 14.2. The molecule has 2 aromatic rings. The molecule has 0 aliphatic heterocycles. The van der Waals surface area contributed by atoms with Crippen LogP contribution in [0.25, 0.3) is 0 Å². The topological polar surface area (TPSA) is 74.8 Å². The van der Waals surface area contributed by atoms with Gasteiger partial charge in [-0.1, -0.05) is 35.9 Å². The van der Waals surface area contributed by atoms with Crippen LogP contribution in [0, 0.1) is 0 Å². The summed E-state index contributed by atoms with van der Waals surface area (Å²) in [7, 11) is 0. The quantitative estimate of drug-likeness (QED) is 0.217. The lowest BCUT2D eigenvalue weighted by atomic mass is 10.1. The van der Waals surface area contributed by atoms with E-state index in [-0.39, 0.29) is 36.5 Å². The first kappa shape index (κ1) is 26.3. The second-order valence-electron chi connectivity index (χ2n) is 7.59. The first-order valence-electron chi connectivity index (χ1n) is 10.9. The third-order valence-corrected chi connectivity index (χ3v) is 5.08. The highest BCUT2D eigenvalue weighted by Crippen LogP contribution is 2.18. The standard InChI is InChI=1S/C24H31ClN4O2.HI/c1-2-26-24(28-15-13-19-4-3-5-20(25)16-19)27-14-12-18-6-10-22(11-7-18)31-17-23(30)29-21-8-9-21;/h3-7,10-11,16,21H,2,8-9,12-15,17H2,1H3,(H,29,30)(H2,26,27,28);1H. The molecule has 3 rings (SSSR count). The summed E-state index contributed by atoms with van der Waals surface area (Å²) < 4.78 is 5.55. The van der Waals surface area contributed by atoms with Gasteiger partial charge in [-0.2, -0.15) is 0 Å². The van der Waals surface area contributed by atoms with E-state index in [1.165, 1.54) is 11.1 Å². The van der Waals surface area contributed by atoms with Gasteiger partial charge in [0.2, 0.25) is 0 Å². The monoisotopic (exact) mass is 570 g/mol. The number of aliphatic imine (C=N–C) groups is 1. The fourth-order valence-corrected chi connectivity index (χ4v) is 3.27. The van der Waals surface area contributed by atoms with Gasteiger partial charge in [0.25, 0.3) is 5.91 Å². The van der Waals surface area contributed by atoms with Crippen LogP contribution in [0.1, 0.15) is 30.9 Å². The van der Waals surface area contributed by atoms with E-state index in [1.54, 1.807) is 0 Å². The third-order valence-electron chi connectivity index (χ3n) is 4.85. The highest BCUT2D eigenvalue weighted by molar-refractivity contribution is 14.0. The Bertz CT molecular complexity index is 873. The van der Waals surface area contributed by atoms with Crippen molar-refractivity contribution >= 4 is 47.4 Å². The smallest absolute Gasteiger partial charge is 0.258 e. The van der Waals surface area contributed by atoms with Crippen molar-refractivity contribution in [3.8, 4) is 5.75 Å². The zero-order chi connectivity index (χ0) is 21.9. The largest absolute Gasteiger partial charge is 0.484 e. The molecule has 8 heteroatoms. The van der Waals surface area contributed by atoms with E-state index in [1.807, 2.05) is 42.5 Å². The number of hydrogen-bond donors (Lipinski definition) is 3. The Morgan fingerprint density at radius 3 is 2.56 bits per heavy atom. The molecular weight excluding hydrogens is 539 g/mol. The number of nitrogens with zero attached hydrogens (tertiary/aromatic N) is 1. The van der Waals surface area contributed by atoms with Crippen LogP contribution in [0.5, 0.6) is 5.75 Å². The van der Waals surface area contributed by atoms with Gasteiger partial charge in [-0.05, 0) is 68.0 Å². The minimum Gasteiger partial charge on any atom is -0.484 e. The van der Waals surface area contributed by atoms with Crippen LogP contribution in [0.2, 0.25) is 5.02 Å². The molecule has 0 spiro atoms. The Balaban J connectivity index is 0.00000363. The minimum atomic E-state index is -0.0558. The molecule has 1 saturated carbocycles. The number of nitrogens with one attached hydrogen (secondary N) is 3. The number of guanidine groups is 1. The van der Waals surface area contributed by atoms with Gasteiger partial charge in [0, 0.05) is 30.7 Å². The van der Waals surface area contributed by atoms with E-state index in [4.69, 9.17) is 16.3 Å². The van der Waals surface area contributed by atoms with Crippen molar-refractivity contribution in [2.24, 2.45) is 4.99 Å².